The molecule has 3 aromatic rings. The van der Waals surface area contributed by atoms with Crippen LogP contribution in [0.25, 0.3) is 17.4 Å². The van der Waals surface area contributed by atoms with Gasteiger partial charge in [-0.3, -0.25) is 19.8 Å². The molecule has 1 aliphatic heterocycles. The highest BCUT2D eigenvalue weighted by Crippen LogP contribution is 2.36. The minimum absolute atomic E-state index is 0.0436. The van der Waals surface area contributed by atoms with Crippen LogP contribution in [0.2, 0.25) is 5.02 Å². The maximum Gasteiger partial charge on any atom is 0.280 e. The van der Waals surface area contributed by atoms with Crippen molar-refractivity contribution in [1.29, 1.82) is 0 Å². The number of halogens is 1. The zero-order chi connectivity index (χ0) is 23.5. The molecule has 0 unspecified atom stereocenters. The highest BCUT2D eigenvalue weighted by atomic mass is 35.5. The third kappa shape index (κ3) is 5.18. The molecule has 0 N–H and O–H groups in total. The molecule has 4 rings (SSSR count). The zero-order valence-corrected chi connectivity index (χ0v) is 19.5. The first-order valence-corrected chi connectivity index (χ1v) is 11.4. The molecule has 0 radical (unpaired) electrons. The zero-order valence-electron chi connectivity index (χ0n) is 17.9. The Morgan fingerprint density at radius 2 is 1.88 bits per heavy atom. The number of nitrogens with zero attached hydrogens (tertiary/aromatic N) is 3. The molecule has 9 heteroatoms. The van der Waals surface area contributed by atoms with E-state index >= 15 is 0 Å². The molecule has 1 aliphatic rings. The monoisotopic (exact) mass is 481 g/mol. The molecule has 0 spiro atoms. The predicted molar refractivity (Wildman–Crippen MR) is 131 cm³/mol. The number of para-hydroxylation sites is 1. The lowest BCUT2D eigenvalue weighted by Gasteiger charge is -2.17. The quantitative estimate of drug-likeness (QED) is 0.220. The number of furan rings is 1. The number of carbonyl (C=O) groups excluding carboxylic acids is 1. The van der Waals surface area contributed by atoms with E-state index in [1.807, 2.05) is 13.8 Å². The van der Waals surface area contributed by atoms with E-state index in [-0.39, 0.29) is 17.5 Å². The number of benzene rings is 2. The molecule has 2 aromatic carbocycles. The Hall–Kier alpha value is -3.36. The van der Waals surface area contributed by atoms with Crippen LogP contribution in [0.3, 0.4) is 0 Å². The summed E-state index contributed by atoms with van der Waals surface area (Å²) in [7, 11) is 0. The van der Waals surface area contributed by atoms with Gasteiger partial charge in [-0.05, 0) is 60.1 Å². The van der Waals surface area contributed by atoms with Crippen LogP contribution in [0.15, 0.2) is 75.0 Å². The van der Waals surface area contributed by atoms with Crippen molar-refractivity contribution < 1.29 is 14.1 Å². The fraction of sp³-hybridized carbons (Fsp3) is 0.167. The lowest BCUT2D eigenvalue weighted by atomic mass is 10.1. The molecule has 33 heavy (non-hydrogen) atoms. The van der Waals surface area contributed by atoms with Crippen molar-refractivity contribution in [3.8, 4) is 11.3 Å². The van der Waals surface area contributed by atoms with E-state index in [9.17, 15) is 14.9 Å². The van der Waals surface area contributed by atoms with E-state index in [4.69, 9.17) is 16.0 Å². The van der Waals surface area contributed by atoms with Gasteiger partial charge in [-0.25, -0.2) is 4.99 Å². The van der Waals surface area contributed by atoms with Gasteiger partial charge >= 0.3 is 0 Å². The number of nitro benzene ring substituents is 1. The minimum Gasteiger partial charge on any atom is -0.456 e. The standard InChI is InChI=1S/C24H20ClN3O4S/c1-15(2)14-27-23(29)22(33-24(27)26-17-9-7-16(25)8-10-17)13-18-11-12-21(32-18)19-5-3-4-6-20(19)28(30)31/h3-13,15H,14H2,1-2H3/b22-13-,26-24?. The van der Waals surface area contributed by atoms with E-state index in [2.05, 4.69) is 4.99 Å². The van der Waals surface area contributed by atoms with Crippen LogP contribution < -0.4 is 0 Å². The third-order valence-electron chi connectivity index (χ3n) is 4.75. The molecule has 0 bridgehead atoms. The average Bonchev–Trinajstić information content (AvgIpc) is 3.36. The topological polar surface area (TPSA) is 89.0 Å². The molecule has 7 nitrogen and oxygen atoms in total. The van der Waals surface area contributed by atoms with Gasteiger partial charge in [-0.15, -0.1) is 0 Å². The number of nitro groups is 1. The van der Waals surface area contributed by atoms with Gasteiger partial charge in [0.2, 0.25) is 0 Å². The highest BCUT2D eigenvalue weighted by molar-refractivity contribution is 8.18. The maximum atomic E-state index is 13.1. The number of aliphatic imine (C=N–C) groups is 1. The number of carbonyl (C=O) groups is 1. The summed E-state index contributed by atoms with van der Waals surface area (Å²) in [5, 5.41) is 12.5. The van der Waals surface area contributed by atoms with E-state index in [0.29, 0.717) is 44.4 Å². The summed E-state index contributed by atoms with van der Waals surface area (Å²) in [6, 6.07) is 16.8. The number of thioether (sulfide) groups is 1. The van der Waals surface area contributed by atoms with Crippen molar-refractivity contribution in [2.24, 2.45) is 10.9 Å². The first-order valence-electron chi connectivity index (χ1n) is 10.2. The van der Waals surface area contributed by atoms with Crippen molar-refractivity contribution >= 4 is 51.9 Å². The normalized spacial score (nSPS) is 16.4. The lowest BCUT2D eigenvalue weighted by molar-refractivity contribution is -0.384. The molecule has 1 amide bonds. The average molecular weight is 482 g/mol. The Balaban J connectivity index is 1.65. The van der Waals surface area contributed by atoms with Crippen molar-refractivity contribution in [3.05, 3.63) is 86.5 Å². The fourth-order valence-electron chi connectivity index (χ4n) is 3.29. The van der Waals surface area contributed by atoms with Gasteiger partial charge in [0.25, 0.3) is 11.6 Å². The summed E-state index contributed by atoms with van der Waals surface area (Å²) < 4.78 is 5.83. The van der Waals surface area contributed by atoms with E-state index in [0.717, 1.165) is 0 Å². The van der Waals surface area contributed by atoms with Crippen molar-refractivity contribution in [2.45, 2.75) is 13.8 Å². The predicted octanol–water partition coefficient (Wildman–Crippen LogP) is 6.77. The van der Waals surface area contributed by atoms with Crippen LogP contribution >= 0.6 is 23.4 Å². The van der Waals surface area contributed by atoms with Gasteiger partial charge < -0.3 is 4.42 Å². The van der Waals surface area contributed by atoms with Crippen molar-refractivity contribution in [2.75, 3.05) is 6.54 Å². The molecule has 168 valence electrons. The first kappa shape index (κ1) is 22.8. The maximum absolute atomic E-state index is 13.1. The van der Waals surface area contributed by atoms with Crippen LogP contribution in [-0.4, -0.2) is 27.4 Å². The van der Waals surface area contributed by atoms with Crippen molar-refractivity contribution in [3.63, 3.8) is 0 Å². The molecular formula is C24H20ClN3O4S. The molecule has 2 heterocycles. The van der Waals surface area contributed by atoms with Crippen LogP contribution in [0.4, 0.5) is 11.4 Å². The van der Waals surface area contributed by atoms with Gasteiger partial charge in [0.1, 0.15) is 11.5 Å². The highest BCUT2D eigenvalue weighted by Gasteiger charge is 2.34. The molecule has 1 aromatic heterocycles. The molecule has 0 aliphatic carbocycles. The molecule has 0 atom stereocenters. The van der Waals surface area contributed by atoms with Gasteiger partial charge in [-0.2, -0.15) is 0 Å². The Bertz CT molecular complexity index is 1260. The summed E-state index contributed by atoms with van der Waals surface area (Å²) in [4.78, 5) is 30.8. The third-order valence-corrected chi connectivity index (χ3v) is 6.01. The van der Waals surface area contributed by atoms with E-state index in [1.54, 1.807) is 65.6 Å². The summed E-state index contributed by atoms with van der Waals surface area (Å²) in [5.41, 5.74) is 1.03. The summed E-state index contributed by atoms with van der Waals surface area (Å²) in [6.07, 6.45) is 1.64. The van der Waals surface area contributed by atoms with Crippen LogP contribution in [-0.2, 0) is 4.79 Å². The number of hydrogen-bond acceptors (Lipinski definition) is 6. The number of amidine groups is 1. The van der Waals surface area contributed by atoms with Gasteiger partial charge in [-0.1, -0.05) is 37.6 Å². The number of hydrogen-bond donors (Lipinski definition) is 0. The summed E-state index contributed by atoms with van der Waals surface area (Å²) >= 11 is 7.22. The SMILES string of the molecule is CC(C)CN1C(=O)/C(=C/c2ccc(-c3ccccc3[N+](=O)[O-])o2)SC1=Nc1ccc(Cl)cc1. The second-order valence-electron chi connectivity index (χ2n) is 7.77. The van der Waals surface area contributed by atoms with Crippen LogP contribution in [0.1, 0.15) is 19.6 Å². The summed E-state index contributed by atoms with van der Waals surface area (Å²) in [6.45, 7) is 4.59. The smallest absolute Gasteiger partial charge is 0.280 e. The first-order chi connectivity index (χ1) is 15.8. The minimum atomic E-state index is -0.449. The second kappa shape index (κ2) is 9.64. The van der Waals surface area contributed by atoms with Crippen LogP contribution in [0.5, 0.6) is 0 Å². The molecule has 1 saturated heterocycles. The Labute approximate surface area is 199 Å². The van der Waals surface area contributed by atoms with Crippen LogP contribution in [0, 0.1) is 16.0 Å². The molecule has 0 saturated carbocycles. The van der Waals surface area contributed by atoms with E-state index in [1.165, 1.54) is 17.8 Å². The van der Waals surface area contributed by atoms with Crippen molar-refractivity contribution in [1.82, 2.24) is 4.90 Å². The van der Waals surface area contributed by atoms with Gasteiger partial charge in [0.15, 0.2) is 5.17 Å². The Morgan fingerprint density at radius 1 is 1.15 bits per heavy atom. The second-order valence-corrected chi connectivity index (χ2v) is 9.21. The lowest BCUT2D eigenvalue weighted by Crippen LogP contribution is -2.32. The van der Waals surface area contributed by atoms with Gasteiger partial charge in [0.05, 0.1) is 21.1 Å². The number of amides is 1. The Kier molecular flexibility index (Phi) is 6.67. The van der Waals surface area contributed by atoms with E-state index < -0.39 is 4.92 Å². The Morgan fingerprint density at radius 3 is 2.58 bits per heavy atom. The van der Waals surface area contributed by atoms with Gasteiger partial charge in [0, 0.05) is 23.7 Å². The number of rotatable bonds is 6. The summed E-state index contributed by atoms with van der Waals surface area (Å²) in [5.74, 6) is 0.873. The molecule has 1 fully saturated rings. The largest absolute Gasteiger partial charge is 0.456 e. The fourth-order valence-corrected chi connectivity index (χ4v) is 4.40. The molecular weight excluding hydrogens is 462 g/mol.